The van der Waals surface area contributed by atoms with Gasteiger partial charge in [0.05, 0.1) is 20.1 Å². The van der Waals surface area contributed by atoms with Gasteiger partial charge in [0.1, 0.15) is 21.4 Å². The molecule has 0 aromatic heterocycles. The summed E-state index contributed by atoms with van der Waals surface area (Å²) in [5, 5.41) is 1.13. The second-order valence-corrected chi connectivity index (χ2v) is 13.0. The monoisotopic (exact) mass is 745 g/mol. The van der Waals surface area contributed by atoms with Crippen LogP contribution in [0.5, 0.6) is 0 Å². The molecule has 1 N–H and O–H groups in total. The molecule has 0 unspecified atom stereocenters. The van der Waals surface area contributed by atoms with Crippen LogP contribution < -0.4 is 34.3 Å². The molecule has 2 aromatic carbocycles. The molecule has 2 aliphatic heterocycles. The topological polar surface area (TPSA) is 118 Å². The van der Waals surface area contributed by atoms with Crippen molar-refractivity contribution in [2.75, 3.05) is 11.9 Å². The molecule has 2 heterocycles. The second kappa shape index (κ2) is 13.6. The van der Waals surface area contributed by atoms with Crippen molar-refractivity contribution in [3.63, 3.8) is 0 Å². The summed E-state index contributed by atoms with van der Waals surface area (Å²) >= 11 is 9.00. The van der Waals surface area contributed by atoms with Gasteiger partial charge < -0.3 is 0 Å². The van der Waals surface area contributed by atoms with Crippen molar-refractivity contribution in [3.8, 4) is 0 Å². The van der Waals surface area contributed by atoms with E-state index in [0.717, 1.165) is 33.9 Å². The van der Waals surface area contributed by atoms with Gasteiger partial charge in [-0.2, -0.15) is 0 Å². The molecule has 0 atom stereocenters. The summed E-state index contributed by atoms with van der Waals surface area (Å²) in [4.78, 5) is 22.6. The third-order valence-electron chi connectivity index (χ3n) is 4.45. The fourth-order valence-electron chi connectivity index (χ4n) is 2.86. The molecule has 192 valence electrons. The van der Waals surface area contributed by atoms with Crippen LogP contribution in [0.15, 0.2) is 43.0 Å². The number of benzene rings is 2. The Morgan fingerprint density at radius 1 is 0.861 bits per heavy atom. The van der Waals surface area contributed by atoms with Gasteiger partial charge in [-0.15, -0.1) is 0 Å². The van der Waals surface area contributed by atoms with E-state index in [2.05, 4.69) is 54.7 Å². The van der Waals surface area contributed by atoms with Gasteiger partial charge in [-0.25, -0.2) is 34.6 Å². The Labute approximate surface area is 255 Å². The van der Waals surface area contributed by atoms with E-state index in [1.165, 1.54) is 6.42 Å². The Bertz CT molecular complexity index is 1390. The molecule has 8 nitrogen and oxygen atoms in total. The molecule has 36 heavy (non-hydrogen) atoms. The van der Waals surface area contributed by atoms with E-state index in [-0.39, 0.29) is 66.0 Å². The molecule has 0 aliphatic carbocycles. The van der Waals surface area contributed by atoms with Crippen molar-refractivity contribution in [2.24, 2.45) is 0 Å². The molecule has 0 saturated heterocycles. The van der Waals surface area contributed by atoms with Gasteiger partial charge in [0.25, 0.3) is 31.9 Å². The van der Waals surface area contributed by atoms with Crippen LogP contribution in [0.25, 0.3) is 0 Å². The van der Waals surface area contributed by atoms with Gasteiger partial charge in [-0.1, -0.05) is 29.8 Å². The van der Waals surface area contributed by atoms with Crippen LogP contribution in [0.1, 0.15) is 47.4 Å². The summed E-state index contributed by atoms with van der Waals surface area (Å²) in [6.45, 7) is 4.01. The Hall–Kier alpha value is -0.420. The second-order valence-electron chi connectivity index (χ2n) is 7.03. The van der Waals surface area contributed by atoms with E-state index < -0.39 is 43.5 Å². The van der Waals surface area contributed by atoms with Gasteiger partial charge in [-0.3, -0.25) is 9.59 Å². The largest absolute Gasteiger partial charge is 1.00 e. The number of sulfonamides is 2. The number of amides is 2. The fraction of sp³-hybridized carbons (Fsp3) is 0.300. The van der Waals surface area contributed by atoms with E-state index in [1.807, 2.05) is 0 Å². The summed E-state index contributed by atoms with van der Waals surface area (Å²) in [6, 6.07) is 4.04. The van der Waals surface area contributed by atoms with Crippen LogP contribution in [0.4, 0.5) is 8.78 Å². The number of halogens is 5. The molecule has 0 saturated carbocycles. The molecule has 4 rings (SSSR count). The van der Waals surface area contributed by atoms with Crippen LogP contribution in [0, 0.1) is 11.6 Å². The number of carbonyl (C=O) groups excluding carboxylic acids is 2. The number of hydrogen-bond donors (Lipinski definition) is 1. The summed E-state index contributed by atoms with van der Waals surface area (Å²) in [5.74, 6) is -2.78. The smallest absolute Gasteiger partial charge is 0.268 e. The van der Waals surface area contributed by atoms with E-state index in [1.54, 1.807) is 11.6 Å². The average molecular weight is 748 g/mol. The van der Waals surface area contributed by atoms with Crippen molar-refractivity contribution in [3.05, 3.63) is 56.0 Å². The minimum absolute atomic E-state index is 0. The van der Waals surface area contributed by atoms with Gasteiger partial charge in [0.2, 0.25) is 0 Å². The van der Waals surface area contributed by atoms with Gasteiger partial charge in [0, 0.05) is 11.9 Å². The minimum atomic E-state index is -3.81. The van der Waals surface area contributed by atoms with E-state index in [4.69, 9.17) is 0 Å². The molecule has 0 fully saturated rings. The summed E-state index contributed by atoms with van der Waals surface area (Å²) < 4.78 is 75.4. The first-order chi connectivity index (χ1) is 16.2. The van der Waals surface area contributed by atoms with E-state index in [0.29, 0.717) is 6.42 Å². The Kier molecular flexibility index (Phi) is 12.7. The van der Waals surface area contributed by atoms with Gasteiger partial charge >= 0.3 is 29.6 Å². The van der Waals surface area contributed by atoms with Crippen LogP contribution in [-0.4, -0.2) is 44.8 Å². The third kappa shape index (κ3) is 7.16. The first-order valence-corrected chi connectivity index (χ1v) is 15.5. The van der Waals surface area contributed by atoms with Crippen LogP contribution in [-0.2, 0) is 20.0 Å². The summed E-state index contributed by atoms with van der Waals surface area (Å²) in [6.07, 6.45) is 1.75. The van der Waals surface area contributed by atoms with Crippen molar-refractivity contribution in [1.29, 1.82) is 0 Å². The maximum atomic E-state index is 13.3. The predicted molar refractivity (Wildman–Crippen MR) is 135 cm³/mol. The normalized spacial score (nSPS) is 15.9. The summed E-state index contributed by atoms with van der Waals surface area (Å²) in [5.41, 5.74) is -0.259. The maximum Gasteiger partial charge on any atom is 1.00 e. The van der Waals surface area contributed by atoms with Gasteiger partial charge in [0.15, 0.2) is 0 Å². The zero-order chi connectivity index (χ0) is 26.7. The average Bonchev–Trinajstić information content (AvgIpc) is 3.11. The first-order valence-electron chi connectivity index (χ1n) is 9.91. The molecule has 2 amide bonds. The quantitative estimate of drug-likeness (QED) is 0.380. The number of fused-ring (bicyclic) bond motifs is 2. The number of alkyl halides is 1. The molecule has 2 aromatic rings. The van der Waals surface area contributed by atoms with Crippen LogP contribution >= 0.6 is 47.8 Å². The molecule has 2 aliphatic rings. The van der Waals surface area contributed by atoms with Crippen LogP contribution in [0.3, 0.4) is 0 Å². The minimum Gasteiger partial charge on any atom is -0.268 e. The Morgan fingerprint density at radius 3 is 1.81 bits per heavy atom. The number of carbonyl (C=O) groups is 2. The van der Waals surface area contributed by atoms with E-state index >= 15 is 0 Å². The number of hydrogen-bond acceptors (Lipinski definition) is 6. The third-order valence-corrected chi connectivity index (χ3v) is 9.65. The summed E-state index contributed by atoms with van der Waals surface area (Å²) in [7, 11) is -7.60. The predicted octanol–water partition coefficient (Wildman–Crippen LogP) is 1.96. The molecule has 0 bridgehead atoms. The first kappa shape index (κ1) is 33.6. The molecule has 16 heteroatoms. The zero-order valence-electron chi connectivity index (χ0n) is 19.2. The number of rotatable bonds is 3. The van der Waals surface area contributed by atoms with Crippen LogP contribution in [0.2, 0.25) is 0 Å². The Balaban J connectivity index is 0.000000310. The number of nitrogens with zero attached hydrogens (tertiary/aromatic N) is 1. The fourth-order valence-corrected chi connectivity index (χ4v) is 6.69. The standard InChI is InChI=1S/C10H9BrFNO3S.C7H3BrFNO3S.C3H7Br.Na/c1-2-3-13-10(14)6-4-8(12)7(11)5-9(6)17(13,15)16;8-4-2-6-3(1-5(4)9)7(11)10-14(6,12)13;1-2-3-4;/h4-5H,2-3H2,1H3;1-2H,(H,10,11);2-3H2,1H3;/q;;;+1. The van der Waals surface area contributed by atoms with Crippen molar-refractivity contribution in [2.45, 2.75) is 36.5 Å². The molecule has 0 radical (unpaired) electrons. The molecular weight excluding hydrogens is 729 g/mol. The van der Waals surface area contributed by atoms with Crippen molar-refractivity contribution < 1.29 is 64.8 Å². The van der Waals surface area contributed by atoms with Crippen molar-refractivity contribution in [1.82, 2.24) is 9.03 Å². The zero-order valence-corrected chi connectivity index (χ0v) is 27.6. The SMILES string of the molecule is CCCBr.CCCN1C(=O)c2cc(F)c(Br)cc2S1(=O)=O.O=C1NS(=O)(=O)c2cc(Br)c(F)cc21.[Na+]. The Morgan fingerprint density at radius 2 is 1.33 bits per heavy atom. The molecular formula is C20H19Br3F2N2NaO6S2+. The van der Waals surface area contributed by atoms with Crippen molar-refractivity contribution >= 4 is 79.7 Å². The van der Waals surface area contributed by atoms with E-state index in [9.17, 15) is 35.2 Å². The number of nitrogens with one attached hydrogen (secondary N) is 1. The molecule has 0 spiro atoms. The van der Waals surface area contributed by atoms with Gasteiger partial charge in [-0.05, 0) is 69.0 Å². The maximum absolute atomic E-state index is 13.3.